The Balaban J connectivity index is 0.000000978. The molecule has 0 bridgehead atoms. The van der Waals surface area contributed by atoms with E-state index >= 15 is 0 Å². The van der Waals surface area contributed by atoms with Gasteiger partial charge in [-0.25, -0.2) is 9.59 Å². The van der Waals surface area contributed by atoms with E-state index in [1.807, 2.05) is 48.5 Å². The molecule has 0 saturated heterocycles. The van der Waals surface area contributed by atoms with Gasteiger partial charge in [0, 0.05) is 31.7 Å². The summed E-state index contributed by atoms with van der Waals surface area (Å²) in [6.45, 7) is 6.45. The van der Waals surface area contributed by atoms with Crippen LogP contribution in [-0.2, 0) is 31.9 Å². The van der Waals surface area contributed by atoms with Crippen molar-refractivity contribution >= 4 is 30.0 Å². The lowest BCUT2D eigenvalue weighted by Gasteiger charge is -2.13. The quantitative estimate of drug-likeness (QED) is 0.388. The Morgan fingerprint density at radius 3 is 1.88 bits per heavy atom. The highest BCUT2D eigenvalue weighted by molar-refractivity contribution is 5.85. The highest BCUT2D eigenvalue weighted by Gasteiger charge is 2.17. The number of rotatable bonds is 12. The Bertz CT molecular complexity index is 813. The van der Waals surface area contributed by atoms with Crippen LogP contribution in [0.5, 0.6) is 5.75 Å². The van der Waals surface area contributed by atoms with E-state index in [4.69, 9.17) is 30.2 Å². The molecule has 2 atom stereocenters. The summed E-state index contributed by atoms with van der Waals surface area (Å²) >= 11 is 0. The van der Waals surface area contributed by atoms with E-state index < -0.39 is 24.1 Å². The van der Waals surface area contributed by atoms with E-state index in [1.165, 1.54) is 12.5 Å². The van der Waals surface area contributed by atoms with Crippen molar-refractivity contribution in [1.82, 2.24) is 0 Å². The smallest absolute Gasteiger partial charge is 0.333 e. The summed E-state index contributed by atoms with van der Waals surface area (Å²) in [6, 6.07) is 15.2. The minimum atomic E-state index is -0.944. The molecule has 184 valence electrons. The predicted octanol–water partition coefficient (Wildman–Crippen LogP) is 3.84. The number of aliphatic carboxylic acids is 2. The largest absolute Gasteiger partial charge is 0.493 e. The third-order valence-corrected chi connectivity index (χ3v) is 4.39. The molecular formula is C24H34ClNO7. The Morgan fingerprint density at radius 1 is 0.879 bits per heavy atom. The second kappa shape index (κ2) is 16.8. The minimum Gasteiger partial charge on any atom is -0.493 e. The molecule has 8 nitrogen and oxygen atoms in total. The molecule has 2 rings (SSSR count). The van der Waals surface area contributed by atoms with E-state index in [9.17, 15) is 9.59 Å². The van der Waals surface area contributed by atoms with E-state index in [-0.39, 0.29) is 12.4 Å². The van der Waals surface area contributed by atoms with E-state index in [1.54, 1.807) is 13.8 Å². The number of hydrogen-bond acceptors (Lipinski definition) is 6. The predicted molar refractivity (Wildman–Crippen MR) is 129 cm³/mol. The Kier molecular flexibility index (Phi) is 15.3. The number of carboxylic acids is 2. The van der Waals surface area contributed by atoms with Crippen LogP contribution in [0, 0.1) is 0 Å². The first-order valence-corrected chi connectivity index (χ1v) is 10.5. The lowest BCUT2D eigenvalue weighted by molar-refractivity contribution is -0.150. The molecule has 0 spiro atoms. The molecule has 4 N–H and O–H groups in total. The van der Waals surface area contributed by atoms with Gasteiger partial charge in [-0.2, -0.15) is 0 Å². The van der Waals surface area contributed by atoms with Gasteiger partial charge in [0.1, 0.15) is 5.75 Å². The zero-order valence-electron chi connectivity index (χ0n) is 19.2. The molecule has 1 unspecified atom stereocenters. The van der Waals surface area contributed by atoms with Crippen LogP contribution in [0.15, 0.2) is 48.5 Å². The number of nitrogen functional groups attached to an aromatic ring is 1. The van der Waals surface area contributed by atoms with Crippen LogP contribution >= 0.6 is 12.4 Å². The zero-order chi connectivity index (χ0) is 23.9. The molecule has 0 saturated carbocycles. The molecule has 0 aliphatic carbocycles. The third kappa shape index (κ3) is 12.7. The average molecular weight is 484 g/mol. The number of anilines is 1. The second-order valence-electron chi connectivity index (χ2n) is 6.91. The third-order valence-electron chi connectivity index (χ3n) is 4.39. The van der Waals surface area contributed by atoms with Gasteiger partial charge in [0.15, 0.2) is 12.2 Å². The summed E-state index contributed by atoms with van der Waals surface area (Å²) in [5.74, 6) is -1.09. The van der Waals surface area contributed by atoms with Gasteiger partial charge in [-0.05, 0) is 56.2 Å². The summed E-state index contributed by atoms with van der Waals surface area (Å²) in [7, 11) is 0. The molecule has 2 aromatic carbocycles. The molecule has 0 aliphatic heterocycles. The van der Waals surface area contributed by atoms with Crippen molar-refractivity contribution in [3.8, 4) is 5.75 Å². The summed E-state index contributed by atoms with van der Waals surface area (Å²) in [5, 5.41) is 17.3. The fourth-order valence-corrected chi connectivity index (χ4v) is 2.65. The minimum absolute atomic E-state index is 0. The number of carbonyl (C=O) groups is 2. The normalized spacial score (nSPS) is 11.8. The van der Waals surface area contributed by atoms with Crippen molar-refractivity contribution in [2.45, 2.75) is 45.8 Å². The highest BCUT2D eigenvalue weighted by atomic mass is 35.5. The molecule has 9 heteroatoms. The van der Waals surface area contributed by atoms with Gasteiger partial charge >= 0.3 is 11.9 Å². The molecule has 0 aromatic heterocycles. The van der Waals surface area contributed by atoms with Gasteiger partial charge in [0.05, 0.1) is 6.61 Å². The van der Waals surface area contributed by atoms with Gasteiger partial charge in [0.25, 0.3) is 0 Å². The van der Waals surface area contributed by atoms with Gasteiger partial charge in [-0.3, -0.25) is 0 Å². The molecule has 0 heterocycles. The fourth-order valence-electron chi connectivity index (χ4n) is 2.65. The number of halogens is 1. The number of hydrogen-bond donors (Lipinski definition) is 3. The van der Waals surface area contributed by atoms with Gasteiger partial charge in [-0.15, -0.1) is 12.4 Å². The van der Waals surface area contributed by atoms with Crippen molar-refractivity contribution in [3.63, 3.8) is 0 Å². The van der Waals surface area contributed by atoms with Crippen molar-refractivity contribution in [2.24, 2.45) is 0 Å². The van der Waals surface area contributed by atoms with Crippen LogP contribution in [0.4, 0.5) is 5.69 Å². The molecule has 0 fully saturated rings. The number of benzene rings is 2. The molecule has 0 amide bonds. The lowest BCUT2D eigenvalue weighted by atomic mass is 10.1. The lowest BCUT2D eigenvalue weighted by Crippen LogP contribution is -2.26. The van der Waals surface area contributed by atoms with Crippen LogP contribution in [-0.4, -0.2) is 54.2 Å². The first-order valence-electron chi connectivity index (χ1n) is 10.5. The van der Waals surface area contributed by atoms with Gasteiger partial charge in [0.2, 0.25) is 0 Å². The van der Waals surface area contributed by atoms with Crippen molar-refractivity contribution in [2.75, 3.05) is 25.6 Å². The molecular weight excluding hydrogens is 450 g/mol. The Hall–Kier alpha value is -2.81. The van der Waals surface area contributed by atoms with Crippen LogP contribution in [0.2, 0.25) is 0 Å². The van der Waals surface area contributed by atoms with E-state index in [0.29, 0.717) is 26.2 Å². The highest BCUT2D eigenvalue weighted by Crippen LogP contribution is 2.15. The Morgan fingerprint density at radius 2 is 1.42 bits per heavy atom. The van der Waals surface area contributed by atoms with Crippen molar-refractivity contribution < 1.29 is 34.0 Å². The average Bonchev–Trinajstić information content (AvgIpc) is 2.76. The van der Waals surface area contributed by atoms with Crippen molar-refractivity contribution in [1.29, 1.82) is 0 Å². The second-order valence-corrected chi connectivity index (χ2v) is 6.91. The van der Waals surface area contributed by atoms with E-state index in [2.05, 4.69) is 0 Å². The molecule has 0 radical (unpaired) electrons. The maximum Gasteiger partial charge on any atom is 0.333 e. The maximum atomic E-state index is 11.1. The standard InChI is InChI=1S/C19H23NO4.C5H10O3.ClH/c1-2-23-18(19(21)22)13-15-5-9-17(10-6-15)24-12-11-14-3-7-16(20)8-4-14;1-3-8-4(2)5(6)7;/h3-10,18H,2,11-13,20H2,1H3,(H,21,22);4H,3H2,1-2H3,(H,6,7);1H/t18-;;/m0../s1. The summed E-state index contributed by atoms with van der Waals surface area (Å²) in [5.41, 5.74) is 8.48. The molecule has 2 aromatic rings. The Labute approximate surface area is 201 Å². The SMILES string of the molecule is CCOC(C)C(=O)O.CCO[C@@H](Cc1ccc(OCCc2ccc(N)cc2)cc1)C(=O)O.Cl. The first kappa shape index (κ1) is 30.2. The number of carboxylic acid groups (broad SMARTS) is 2. The summed E-state index contributed by atoms with van der Waals surface area (Å²) < 4.78 is 15.6. The van der Waals surface area contributed by atoms with Crippen LogP contribution in [0.3, 0.4) is 0 Å². The fraction of sp³-hybridized carbons (Fsp3) is 0.417. The summed E-state index contributed by atoms with van der Waals surface area (Å²) in [4.78, 5) is 21.1. The monoisotopic (exact) mass is 483 g/mol. The first-order chi connectivity index (χ1) is 15.3. The van der Waals surface area contributed by atoms with Crippen LogP contribution in [0.25, 0.3) is 0 Å². The van der Waals surface area contributed by atoms with Crippen molar-refractivity contribution in [3.05, 3.63) is 59.7 Å². The zero-order valence-corrected chi connectivity index (χ0v) is 20.0. The van der Waals surface area contributed by atoms with Crippen LogP contribution < -0.4 is 10.5 Å². The van der Waals surface area contributed by atoms with Gasteiger partial charge in [-0.1, -0.05) is 24.3 Å². The number of nitrogens with two attached hydrogens (primary N) is 1. The molecule has 0 aliphatic rings. The van der Waals surface area contributed by atoms with Crippen LogP contribution in [0.1, 0.15) is 31.9 Å². The topological polar surface area (TPSA) is 128 Å². The maximum absolute atomic E-state index is 11.1. The van der Waals surface area contributed by atoms with Gasteiger partial charge < -0.3 is 30.2 Å². The van der Waals surface area contributed by atoms with E-state index in [0.717, 1.165) is 23.4 Å². The number of ether oxygens (including phenoxy) is 3. The summed E-state index contributed by atoms with van der Waals surface area (Å²) in [6.07, 6.45) is -0.338. The molecule has 33 heavy (non-hydrogen) atoms.